The smallest absolute Gasteiger partial charge is 0.322 e. The number of aromatic hydroxyl groups is 1. The van der Waals surface area contributed by atoms with Crippen LogP contribution >= 0.6 is 0 Å². The van der Waals surface area contributed by atoms with Crippen molar-refractivity contribution < 1.29 is 28.9 Å². The molecule has 1 aromatic heterocycles. The molecule has 0 bridgehead atoms. The van der Waals surface area contributed by atoms with Crippen LogP contribution in [0.2, 0.25) is 0 Å². The Labute approximate surface area is 146 Å². The number of nitrogens with one attached hydrogen (secondary N) is 1. The molecule has 0 unspecified atom stereocenters. The molecule has 3 N–H and O–H groups in total. The second-order valence-electron chi connectivity index (χ2n) is 5.34. The molecule has 7 nitrogen and oxygen atoms in total. The number of benzene rings is 2. The Kier molecular flexibility index (Phi) is 4.66. The highest BCUT2D eigenvalue weighted by Crippen LogP contribution is 2.32. The second-order valence-corrected chi connectivity index (χ2v) is 5.34. The monoisotopic (exact) mass is 356 g/mol. The van der Waals surface area contributed by atoms with E-state index >= 15 is 0 Å². The lowest BCUT2D eigenvalue weighted by Crippen LogP contribution is -2.29. The van der Waals surface area contributed by atoms with E-state index in [1.54, 1.807) is 12.1 Å². The van der Waals surface area contributed by atoms with Crippen molar-refractivity contribution in [1.29, 1.82) is 0 Å². The molecule has 0 fully saturated rings. The van der Waals surface area contributed by atoms with E-state index in [2.05, 4.69) is 10.3 Å². The van der Waals surface area contributed by atoms with Crippen LogP contribution in [0, 0.1) is 5.82 Å². The Morgan fingerprint density at radius 1 is 1.12 bits per heavy atom. The molecule has 132 valence electrons. The fourth-order valence-electron chi connectivity index (χ4n) is 2.28. The number of carbonyl (C=O) groups is 2. The maximum atomic E-state index is 12.9. The summed E-state index contributed by atoms with van der Waals surface area (Å²) in [5, 5.41) is 21.9. The molecule has 2 aromatic carbocycles. The molecule has 0 aliphatic rings. The predicted molar refractivity (Wildman–Crippen MR) is 89.9 cm³/mol. The van der Waals surface area contributed by atoms with Crippen LogP contribution in [0.4, 0.5) is 4.39 Å². The summed E-state index contributed by atoms with van der Waals surface area (Å²) < 4.78 is 18.5. The summed E-state index contributed by atoms with van der Waals surface area (Å²) in [6, 6.07) is 10.2. The molecule has 0 spiro atoms. The summed E-state index contributed by atoms with van der Waals surface area (Å²) in [5.41, 5.74) is -0.294. The van der Waals surface area contributed by atoms with Crippen LogP contribution in [-0.4, -0.2) is 33.6 Å². The Bertz CT molecular complexity index is 989. The van der Waals surface area contributed by atoms with Crippen molar-refractivity contribution in [2.45, 2.75) is 0 Å². The van der Waals surface area contributed by atoms with E-state index in [-0.39, 0.29) is 5.69 Å². The van der Waals surface area contributed by atoms with E-state index in [0.29, 0.717) is 22.3 Å². The fourth-order valence-corrected chi connectivity index (χ4v) is 2.28. The first-order valence-electron chi connectivity index (χ1n) is 7.49. The van der Waals surface area contributed by atoms with Crippen molar-refractivity contribution >= 4 is 22.6 Å². The first kappa shape index (κ1) is 17.2. The number of nitrogens with zero attached hydrogens (tertiary/aromatic N) is 1. The van der Waals surface area contributed by atoms with Gasteiger partial charge in [-0.25, -0.2) is 9.37 Å². The Hall–Kier alpha value is -3.68. The van der Waals surface area contributed by atoms with Gasteiger partial charge in [0.05, 0.1) is 0 Å². The molecule has 0 atom stereocenters. The molecular weight excluding hydrogens is 343 g/mol. The molecule has 0 aliphatic carbocycles. The van der Waals surface area contributed by atoms with Crippen molar-refractivity contribution in [1.82, 2.24) is 10.3 Å². The van der Waals surface area contributed by atoms with Crippen LogP contribution in [0.1, 0.15) is 10.5 Å². The molecule has 1 heterocycles. The highest BCUT2D eigenvalue weighted by Gasteiger charge is 2.17. The van der Waals surface area contributed by atoms with Gasteiger partial charge in [0, 0.05) is 17.0 Å². The van der Waals surface area contributed by atoms with Gasteiger partial charge in [0.2, 0.25) is 0 Å². The lowest BCUT2D eigenvalue weighted by Gasteiger charge is -2.10. The van der Waals surface area contributed by atoms with Crippen LogP contribution in [0.25, 0.3) is 10.8 Å². The average molecular weight is 356 g/mol. The van der Waals surface area contributed by atoms with Gasteiger partial charge in [0.15, 0.2) is 11.4 Å². The Morgan fingerprint density at radius 3 is 2.50 bits per heavy atom. The first-order chi connectivity index (χ1) is 12.4. The third-order valence-electron chi connectivity index (χ3n) is 3.50. The van der Waals surface area contributed by atoms with Crippen LogP contribution in [0.5, 0.6) is 17.2 Å². The van der Waals surface area contributed by atoms with Gasteiger partial charge in [-0.05, 0) is 42.5 Å². The molecule has 8 heteroatoms. The molecule has 1 amide bonds. The molecule has 3 rings (SSSR count). The molecule has 26 heavy (non-hydrogen) atoms. The molecular formula is C18H13FN2O5. The molecule has 0 saturated heterocycles. The van der Waals surface area contributed by atoms with E-state index in [1.807, 2.05) is 0 Å². The summed E-state index contributed by atoms with van der Waals surface area (Å²) >= 11 is 0. The molecule has 0 aliphatic heterocycles. The highest BCUT2D eigenvalue weighted by atomic mass is 19.1. The van der Waals surface area contributed by atoms with Crippen molar-refractivity contribution in [3.8, 4) is 17.2 Å². The number of ether oxygens (including phenoxy) is 1. The molecule has 0 saturated carbocycles. The summed E-state index contributed by atoms with van der Waals surface area (Å²) in [7, 11) is 0. The number of carbonyl (C=O) groups excluding carboxylic acids is 1. The first-order valence-corrected chi connectivity index (χ1v) is 7.49. The maximum Gasteiger partial charge on any atom is 0.322 e. The number of carboxylic acid groups (broad SMARTS) is 1. The summed E-state index contributed by atoms with van der Waals surface area (Å²) in [6.45, 7) is -0.592. The van der Waals surface area contributed by atoms with E-state index in [9.17, 15) is 19.1 Å². The number of hydrogen-bond acceptors (Lipinski definition) is 5. The van der Waals surface area contributed by atoms with Gasteiger partial charge < -0.3 is 20.3 Å². The lowest BCUT2D eigenvalue weighted by atomic mass is 10.1. The van der Waals surface area contributed by atoms with E-state index in [0.717, 1.165) is 0 Å². The quantitative estimate of drug-likeness (QED) is 0.649. The van der Waals surface area contributed by atoms with Gasteiger partial charge in [-0.3, -0.25) is 9.59 Å². The van der Waals surface area contributed by atoms with Crippen molar-refractivity contribution in [3.63, 3.8) is 0 Å². The van der Waals surface area contributed by atoms with E-state index in [4.69, 9.17) is 9.84 Å². The zero-order chi connectivity index (χ0) is 18.7. The van der Waals surface area contributed by atoms with Gasteiger partial charge in [-0.1, -0.05) is 0 Å². The third-order valence-corrected chi connectivity index (χ3v) is 3.50. The maximum absolute atomic E-state index is 12.9. The summed E-state index contributed by atoms with van der Waals surface area (Å²) in [4.78, 5) is 26.4. The summed E-state index contributed by atoms with van der Waals surface area (Å²) in [6.07, 6.45) is 1.38. The Morgan fingerprint density at radius 2 is 1.81 bits per heavy atom. The van der Waals surface area contributed by atoms with Gasteiger partial charge in [0.25, 0.3) is 5.91 Å². The third kappa shape index (κ3) is 3.69. The van der Waals surface area contributed by atoms with E-state index < -0.39 is 30.0 Å². The fraction of sp³-hybridized carbons (Fsp3) is 0.0556. The largest absolute Gasteiger partial charge is 0.505 e. The number of rotatable bonds is 5. The number of aliphatic carboxylic acids is 1. The number of halogens is 1. The van der Waals surface area contributed by atoms with Crippen LogP contribution < -0.4 is 10.1 Å². The van der Waals surface area contributed by atoms with Gasteiger partial charge >= 0.3 is 5.97 Å². The van der Waals surface area contributed by atoms with Gasteiger partial charge in [0.1, 0.15) is 23.9 Å². The Balaban J connectivity index is 1.92. The van der Waals surface area contributed by atoms with Gasteiger partial charge in [-0.2, -0.15) is 0 Å². The van der Waals surface area contributed by atoms with Crippen LogP contribution in [0.15, 0.2) is 48.7 Å². The number of carboxylic acids is 1. The van der Waals surface area contributed by atoms with E-state index in [1.165, 1.54) is 36.5 Å². The predicted octanol–water partition coefficient (Wildman–Crippen LogP) is 2.69. The normalized spacial score (nSPS) is 10.5. The number of pyridine rings is 1. The zero-order valence-corrected chi connectivity index (χ0v) is 13.3. The highest BCUT2D eigenvalue weighted by molar-refractivity contribution is 6.02. The van der Waals surface area contributed by atoms with Crippen molar-refractivity contribution in [3.05, 3.63) is 60.2 Å². The average Bonchev–Trinajstić information content (AvgIpc) is 2.62. The number of aromatic nitrogens is 1. The zero-order valence-electron chi connectivity index (χ0n) is 13.3. The minimum absolute atomic E-state index is 0.294. The molecule has 3 aromatic rings. The van der Waals surface area contributed by atoms with Crippen LogP contribution in [0.3, 0.4) is 0 Å². The van der Waals surface area contributed by atoms with Crippen molar-refractivity contribution in [2.24, 2.45) is 0 Å². The summed E-state index contributed by atoms with van der Waals surface area (Å²) in [5.74, 6) is -2.04. The number of amides is 1. The molecule has 0 radical (unpaired) electrons. The number of hydrogen-bond donors (Lipinski definition) is 3. The number of fused-ring (bicyclic) bond motifs is 1. The van der Waals surface area contributed by atoms with Crippen molar-refractivity contribution in [2.75, 3.05) is 6.54 Å². The SMILES string of the molecule is O=C(O)CNC(=O)c1ncc2ccc(Oc3ccc(F)cc3)cc2c1O. The standard InChI is InChI=1S/C18H13FN2O5/c19-11-2-5-12(6-3-11)26-13-4-1-10-8-20-16(17(24)14(10)7-13)18(25)21-9-15(22)23/h1-8,24H,9H2,(H,21,25)(H,22,23). The topological polar surface area (TPSA) is 109 Å². The van der Waals surface area contributed by atoms with Crippen LogP contribution in [-0.2, 0) is 4.79 Å². The lowest BCUT2D eigenvalue weighted by molar-refractivity contribution is -0.135. The van der Waals surface area contributed by atoms with Gasteiger partial charge in [-0.15, -0.1) is 0 Å². The second kappa shape index (κ2) is 7.06. The minimum atomic E-state index is -1.21. The minimum Gasteiger partial charge on any atom is -0.505 e.